The highest BCUT2D eigenvalue weighted by Crippen LogP contribution is 2.37. The van der Waals surface area contributed by atoms with Crippen LogP contribution in [-0.4, -0.2) is 47.8 Å². The van der Waals surface area contributed by atoms with Gasteiger partial charge in [0.2, 0.25) is 0 Å². The van der Waals surface area contributed by atoms with Gasteiger partial charge in [-0.05, 0) is 45.7 Å². The molecule has 2 fully saturated rings. The molecule has 3 nitrogen and oxygen atoms in total. The molecular weight excluding hydrogens is 188 g/mol. The second kappa shape index (κ2) is 4.40. The summed E-state index contributed by atoms with van der Waals surface area (Å²) in [6.07, 6.45) is 6.25. The molecule has 2 aliphatic carbocycles. The van der Waals surface area contributed by atoms with Crippen molar-refractivity contribution in [1.29, 1.82) is 0 Å². The molecule has 15 heavy (non-hydrogen) atoms. The molecule has 0 heterocycles. The Bertz CT molecular complexity index is 212. The molecule has 88 valence electrons. The Balaban J connectivity index is 1.95. The van der Waals surface area contributed by atoms with Gasteiger partial charge in [0.05, 0.1) is 6.61 Å². The Kier molecular flexibility index (Phi) is 3.33. The molecule has 0 aromatic carbocycles. The largest absolute Gasteiger partial charge is 0.394 e. The van der Waals surface area contributed by atoms with E-state index >= 15 is 0 Å². The summed E-state index contributed by atoms with van der Waals surface area (Å²) in [5.74, 6) is 0. The van der Waals surface area contributed by atoms with Crippen LogP contribution in [0.3, 0.4) is 0 Å². The van der Waals surface area contributed by atoms with Gasteiger partial charge in [0.15, 0.2) is 0 Å². The quantitative estimate of drug-likeness (QED) is 0.713. The van der Waals surface area contributed by atoms with Crippen LogP contribution in [0.15, 0.2) is 0 Å². The van der Waals surface area contributed by atoms with Crippen LogP contribution in [0.4, 0.5) is 0 Å². The molecule has 0 bridgehead atoms. The topological polar surface area (TPSA) is 35.5 Å². The first kappa shape index (κ1) is 11.4. The summed E-state index contributed by atoms with van der Waals surface area (Å²) >= 11 is 0. The molecule has 0 saturated heterocycles. The van der Waals surface area contributed by atoms with Gasteiger partial charge in [0, 0.05) is 17.6 Å². The SMILES string of the molecule is CCN(C1CC1)C1CCC(CO)(NC)C1. The van der Waals surface area contributed by atoms with Gasteiger partial charge in [0.1, 0.15) is 0 Å². The summed E-state index contributed by atoms with van der Waals surface area (Å²) < 4.78 is 0. The highest BCUT2D eigenvalue weighted by atomic mass is 16.3. The molecule has 2 saturated carbocycles. The van der Waals surface area contributed by atoms with Gasteiger partial charge >= 0.3 is 0 Å². The van der Waals surface area contributed by atoms with Crippen LogP contribution in [0.5, 0.6) is 0 Å². The maximum Gasteiger partial charge on any atom is 0.0613 e. The van der Waals surface area contributed by atoms with Gasteiger partial charge in [-0.2, -0.15) is 0 Å². The molecule has 2 N–H and O–H groups in total. The first-order chi connectivity index (χ1) is 7.24. The van der Waals surface area contributed by atoms with E-state index in [4.69, 9.17) is 0 Å². The van der Waals surface area contributed by atoms with Gasteiger partial charge in [-0.15, -0.1) is 0 Å². The van der Waals surface area contributed by atoms with Crippen molar-refractivity contribution in [2.45, 2.75) is 56.7 Å². The van der Waals surface area contributed by atoms with E-state index < -0.39 is 0 Å². The van der Waals surface area contributed by atoms with Crippen molar-refractivity contribution in [2.24, 2.45) is 0 Å². The average Bonchev–Trinajstić information content (AvgIpc) is 3.00. The number of likely N-dealkylation sites (N-methyl/N-ethyl adjacent to an activating group) is 1. The lowest BCUT2D eigenvalue weighted by molar-refractivity contribution is 0.147. The summed E-state index contributed by atoms with van der Waals surface area (Å²) in [6, 6.07) is 1.55. The van der Waals surface area contributed by atoms with Crippen LogP contribution in [0, 0.1) is 0 Å². The molecule has 2 rings (SSSR count). The van der Waals surface area contributed by atoms with Gasteiger partial charge in [0.25, 0.3) is 0 Å². The van der Waals surface area contributed by atoms with Crippen LogP contribution >= 0.6 is 0 Å². The van der Waals surface area contributed by atoms with E-state index in [-0.39, 0.29) is 12.1 Å². The van der Waals surface area contributed by atoms with Crippen LogP contribution in [-0.2, 0) is 0 Å². The molecule has 0 amide bonds. The van der Waals surface area contributed by atoms with Crippen molar-refractivity contribution in [3.63, 3.8) is 0 Å². The maximum atomic E-state index is 9.46. The fourth-order valence-corrected chi connectivity index (χ4v) is 3.05. The summed E-state index contributed by atoms with van der Waals surface area (Å²) in [7, 11) is 1.98. The second-order valence-electron chi connectivity index (χ2n) is 5.15. The van der Waals surface area contributed by atoms with E-state index in [9.17, 15) is 5.11 Å². The number of nitrogens with one attached hydrogen (secondary N) is 1. The Labute approximate surface area is 92.8 Å². The number of aliphatic hydroxyl groups excluding tert-OH is 1. The van der Waals surface area contributed by atoms with Crippen LogP contribution < -0.4 is 5.32 Å². The number of hydrogen-bond acceptors (Lipinski definition) is 3. The van der Waals surface area contributed by atoms with Crippen molar-refractivity contribution in [3.05, 3.63) is 0 Å². The molecule has 0 aliphatic heterocycles. The number of aliphatic hydroxyl groups is 1. The first-order valence-electron chi connectivity index (χ1n) is 6.30. The zero-order chi connectivity index (χ0) is 10.9. The minimum Gasteiger partial charge on any atom is -0.394 e. The maximum absolute atomic E-state index is 9.46. The highest BCUT2D eigenvalue weighted by molar-refractivity contribution is 5.01. The van der Waals surface area contributed by atoms with Crippen molar-refractivity contribution in [3.8, 4) is 0 Å². The van der Waals surface area contributed by atoms with Crippen molar-refractivity contribution in [1.82, 2.24) is 10.2 Å². The average molecular weight is 212 g/mol. The molecule has 0 radical (unpaired) electrons. The lowest BCUT2D eigenvalue weighted by Crippen LogP contribution is -2.46. The first-order valence-corrected chi connectivity index (χ1v) is 6.30. The lowest BCUT2D eigenvalue weighted by atomic mass is 9.99. The minimum absolute atomic E-state index is 0.00692. The molecule has 2 unspecified atom stereocenters. The summed E-state index contributed by atoms with van der Waals surface area (Å²) in [5.41, 5.74) is 0.00692. The smallest absolute Gasteiger partial charge is 0.0613 e. The third-order valence-electron chi connectivity index (χ3n) is 4.27. The Hall–Kier alpha value is -0.120. The van der Waals surface area contributed by atoms with Crippen molar-refractivity contribution < 1.29 is 5.11 Å². The third-order valence-corrected chi connectivity index (χ3v) is 4.27. The van der Waals surface area contributed by atoms with E-state index in [1.165, 1.54) is 25.8 Å². The van der Waals surface area contributed by atoms with Crippen molar-refractivity contribution in [2.75, 3.05) is 20.2 Å². The predicted molar refractivity (Wildman–Crippen MR) is 61.9 cm³/mol. The number of hydrogen-bond donors (Lipinski definition) is 2. The van der Waals surface area contributed by atoms with Crippen LogP contribution in [0.2, 0.25) is 0 Å². The van der Waals surface area contributed by atoms with Gasteiger partial charge in [-0.3, -0.25) is 4.90 Å². The molecule has 3 heteroatoms. The van der Waals surface area contributed by atoms with Crippen molar-refractivity contribution >= 4 is 0 Å². The Morgan fingerprint density at radius 3 is 2.47 bits per heavy atom. The molecule has 0 aromatic rings. The van der Waals surface area contributed by atoms with E-state index in [0.29, 0.717) is 6.04 Å². The fourth-order valence-electron chi connectivity index (χ4n) is 3.05. The molecular formula is C12H24N2O. The summed E-state index contributed by atoms with van der Waals surface area (Å²) in [5, 5.41) is 12.8. The third kappa shape index (κ3) is 2.19. The minimum atomic E-state index is 0.00692. The Morgan fingerprint density at radius 2 is 2.07 bits per heavy atom. The lowest BCUT2D eigenvalue weighted by Gasteiger charge is -2.31. The van der Waals surface area contributed by atoms with Gasteiger partial charge < -0.3 is 10.4 Å². The van der Waals surface area contributed by atoms with Crippen LogP contribution in [0.1, 0.15) is 39.0 Å². The summed E-state index contributed by atoms with van der Waals surface area (Å²) in [4.78, 5) is 2.65. The molecule has 0 spiro atoms. The molecule has 0 aromatic heterocycles. The number of rotatable bonds is 5. The van der Waals surface area contributed by atoms with Gasteiger partial charge in [-0.25, -0.2) is 0 Å². The molecule has 2 aliphatic rings. The fraction of sp³-hybridized carbons (Fsp3) is 1.00. The summed E-state index contributed by atoms with van der Waals surface area (Å²) in [6.45, 7) is 3.71. The second-order valence-corrected chi connectivity index (χ2v) is 5.15. The number of nitrogens with zero attached hydrogens (tertiary/aromatic N) is 1. The van der Waals surface area contributed by atoms with E-state index in [1.54, 1.807) is 0 Å². The Morgan fingerprint density at radius 1 is 1.33 bits per heavy atom. The van der Waals surface area contributed by atoms with Gasteiger partial charge in [-0.1, -0.05) is 6.92 Å². The zero-order valence-electron chi connectivity index (χ0n) is 10.00. The highest BCUT2D eigenvalue weighted by Gasteiger charge is 2.42. The monoisotopic (exact) mass is 212 g/mol. The standard InChI is InChI=1S/C12H24N2O/c1-3-14(10-4-5-10)11-6-7-12(8-11,9-15)13-2/h10-11,13,15H,3-9H2,1-2H3. The zero-order valence-corrected chi connectivity index (χ0v) is 10.00. The van der Waals surface area contributed by atoms with E-state index in [1.807, 2.05) is 7.05 Å². The normalized spacial score (nSPS) is 36.4. The van der Waals surface area contributed by atoms with E-state index in [0.717, 1.165) is 18.9 Å². The van der Waals surface area contributed by atoms with Crippen LogP contribution in [0.25, 0.3) is 0 Å². The van der Waals surface area contributed by atoms with E-state index in [2.05, 4.69) is 17.1 Å². The molecule has 2 atom stereocenters. The predicted octanol–water partition coefficient (Wildman–Crippen LogP) is 0.974.